The van der Waals surface area contributed by atoms with Crippen LogP contribution < -0.4 is 14.8 Å². The van der Waals surface area contributed by atoms with Crippen LogP contribution in [0.25, 0.3) is 10.6 Å². The molecule has 1 heterocycles. The second-order valence-electron chi connectivity index (χ2n) is 6.20. The highest BCUT2D eigenvalue weighted by molar-refractivity contribution is 7.13. The number of aromatic nitrogens is 1. The molecule has 0 bridgehead atoms. The summed E-state index contributed by atoms with van der Waals surface area (Å²) in [5, 5.41) is 5.29. The van der Waals surface area contributed by atoms with Crippen LogP contribution in [0.1, 0.15) is 33.3 Å². The van der Waals surface area contributed by atoms with E-state index in [4.69, 9.17) is 14.2 Å². The third-order valence-electron chi connectivity index (χ3n) is 4.27. The Kier molecular flexibility index (Phi) is 7.03. The maximum Gasteiger partial charge on any atom is 0.341 e. The predicted molar refractivity (Wildman–Crippen MR) is 114 cm³/mol. The number of nitrogens with one attached hydrogen (secondary N) is 1. The fraction of sp³-hybridized carbons (Fsp3) is 0.227. The zero-order valence-electron chi connectivity index (χ0n) is 16.9. The first-order chi connectivity index (χ1) is 14.5. The van der Waals surface area contributed by atoms with Crippen LogP contribution in [-0.4, -0.2) is 37.7 Å². The molecule has 0 fully saturated rings. The molecule has 0 atom stereocenters. The van der Waals surface area contributed by atoms with E-state index in [0.29, 0.717) is 23.6 Å². The van der Waals surface area contributed by atoms with Crippen molar-refractivity contribution in [3.05, 3.63) is 64.7 Å². The zero-order chi connectivity index (χ0) is 21.5. The van der Waals surface area contributed by atoms with E-state index in [9.17, 15) is 9.59 Å². The number of carbonyl (C=O) groups is 2. The van der Waals surface area contributed by atoms with Crippen LogP contribution >= 0.6 is 11.3 Å². The van der Waals surface area contributed by atoms with Gasteiger partial charge in [-0.05, 0) is 48.9 Å². The molecular formula is C22H22N2O5S. The number of carbonyl (C=O) groups excluding carboxylic acids is 2. The summed E-state index contributed by atoms with van der Waals surface area (Å²) in [7, 11) is 2.79. The van der Waals surface area contributed by atoms with E-state index in [-0.39, 0.29) is 12.5 Å². The fourth-order valence-corrected chi connectivity index (χ4v) is 3.58. The normalized spacial score (nSPS) is 10.4. The van der Waals surface area contributed by atoms with Crippen molar-refractivity contribution >= 4 is 23.2 Å². The van der Waals surface area contributed by atoms with E-state index in [1.54, 1.807) is 23.6 Å². The van der Waals surface area contributed by atoms with E-state index >= 15 is 0 Å². The van der Waals surface area contributed by atoms with Crippen molar-refractivity contribution in [3.63, 3.8) is 0 Å². The lowest BCUT2D eigenvalue weighted by Crippen LogP contribution is -2.23. The molecule has 3 rings (SSSR count). The molecule has 0 aliphatic rings. The Labute approximate surface area is 178 Å². The Morgan fingerprint density at radius 1 is 1.10 bits per heavy atom. The molecule has 1 N–H and O–H groups in total. The summed E-state index contributed by atoms with van der Waals surface area (Å²) in [6.45, 7) is 2.78. The molecule has 0 unspecified atom stereocenters. The van der Waals surface area contributed by atoms with Crippen molar-refractivity contribution < 1.29 is 23.8 Å². The number of nitrogens with zero attached hydrogens (tertiary/aromatic N) is 1. The Morgan fingerprint density at radius 2 is 1.87 bits per heavy atom. The average Bonchev–Trinajstić information content (AvgIpc) is 3.28. The number of benzene rings is 2. The van der Waals surface area contributed by atoms with Gasteiger partial charge in [0.1, 0.15) is 27.8 Å². The van der Waals surface area contributed by atoms with E-state index in [0.717, 1.165) is 21.9 Å². The zero-order valence-corrected chi connectivity index (χ0v) is 17.7. The predicted octanol–water partition coefficient (Wildman–Crippen LogP) is 3.93. The van der Waals surface area contributed by atoms with Crippen molar-refractivity contribution in [3.8, 4) is 22.1 Å². The standard InChI is InChI=1S/C22H22N2O5S/c1-4-29-16-8-6-15(7-9-16)21-24-18(13-30-21)20(25)23-12-14-5-10-19(27-2)17(11-14)22(26)28-3/h5-11,13H,4,12H2,1-3H3,(H,23,25). The van der Waals surface area contributed by atoms with Gasteiger partial charge < -0.3 is 19.5 Å². The molecule has 2 aromatic carbocycles. The average molecular weight is 426 g/mol. The minimum Gasteiger partial charge on any atom is -0.496 e. The first kappa shape index (κ1) is 21.3. The largest absolute Gasteiger partial charge is 0.496 e. The minimum atomic E-state index is -0.500. The molecule has 7 nitrogen and oxygen atoms in total. The lowest BCUT2D eigenvalue weighted by molar-refractivity contribution is 0.0597. The van der Waals surface area contributed by atoms with Crippen molar-refractivity contribution in [2.75, 3.05) is 20.8 Å². The van der Waals surface area contributed by atoms with Gasteiger partial charge in [0, 0.05) is 17.5 Å². The first-order valence-corrected chi connectivity index (χ1v) is 10.2. The smallest absolute Gasteiger partial charge is 0.341 e. The number of hydrogen-bond donors (Lipinski definition) is 1. The van der Waals surface area contributed by atoms with Crippen LogP contribution in [0.15, 0.2) is 47.8 Å². The van der Waals surface area contributed by atoms with Crippen molar-refractivity contribution in [2.45, 2.75) is 13.5 Å². The highest BCUT2D eigenvalue weighted by Gasteiger charge is 2.15. The fourth-order valence-electron chi connectivity index (χ4n) is 2.78. The van der Waals surface area contributed by atoms with Crippen LogP contribution in [0.2, 0.25) is 0 Å². The Hall–Kier alpha value is -3.39. The van der Waals surface area contributed by atoms with Crippen LogP contribution in [0.4, 0.5) is 0 Å². The first-order valence-electron chi connectivity index (χ1n) is 9.28. The topological polar surface area (TPSA) is 86.8 Å². The summed E-state index contributed by atoms with van der Waals surface area (Å²) in [5.74, 6) is 0.413. The third-order valence-corrected chi connectivity index (χ3v) is 5.16. The highest BCUT2D eigenvalue weighted by Crippen LogP contribution is 2.26. The number of methoxy groups -OCH3 is 2. The maximum absolute atomic E-state index is 12.5. The monoisotopic (exact) mass is 426 g/mol. The minimum absolute atomic E-state index is 0.239. The van der Waals surface area contributed by atoms with Crippen molar-refractivity contribution in [2.24, 2.45) is 0 Å². The van der Waals surface area contributed by atoms with Gasteiger partial charge in [-0.2, -0.15) is 0 Å². The van der Waals surface area contributed by atoms with Gasteiger partial charge in [-0.15, -0.1) is 11.3 Å². The molecule has 1 aromatic heterocycles. The van der Waals surface area contributed by atoms with E-state index in [2.05, 4.69) is 10.3 Å². The third kappa shape index (κ3) is 4.96. The molecule has 0 aliphatic carbocycles. The second kappa shape index (κ2) is 9.89. The Morgan fingerprint density at radius 3 is 2.53 bits per heavy atom. The molecule has 0 spiro atoms. The summed E-state index contributed by atoms with van der Waals surface area (Å²) in [6.07, 6.45) is 0. The second-order valence-corrected chi connectivity index (χ2v) is 7.06. The summed E-state index contributed by atoms with van der Waals surface area (Å²) < 4.78 is 15.4. The van der Waals surface area contributed by atoms with Crippen LogP contribution in [0.5, 0.6) is 11.5 Å². The Balaban J connectivity index is 1.66. The summed E-state index contributed by atoms with van der Waals surface area (Å²) >= 11 is 1.40. The molecule has 1 amide bonds. The SMILES string of the molecule is CCOc1ccc(-c2nc(C(=O)NCc3ccc(OC)c(C(=O)OC)c3)cs2)cc1. The van der Waals surface area contributed by atoms with Gasteiger partial charge >= 0.3 is 5.97 Å². The van der Waals surface area contributed by atoms with Gasteiger partial charge in [0.05, 0.1) is 20.8 Å². The number of ether oxygens (including phenoxy) is 3. The van der Waals surface area contributed by atoms with E-state index in [1.165, 1.54) is 25.6 Å². The summed E-state index contributed by atoms with van der Waals surface area (Å²) in [4.78, 5) is 28.8. The van der Waals surface area contributed by atoms with E-state index < -0.39 is 5.97 Å². The van der Waals surface area contributed by atoms with Gasteiger partial charge in [0.2, 0.25) is 0 Å². The molecule has 0 saturated carbocycles. The number of rotatable bonds is 8. The number of thiazole rings is 1. The van der Waals surface area contributed by atoms with Gasteiger partial charge in [-0.3, -0.25) is 4.79 Å². The number of amides is 1. The maximum atomic E-state index is 12.5. The van der Waals surface area contributed by atoms with Crippen molar-refractivity contribution in [1.29, 1.82) is 0 Å². The lowest BCUT2D eigenvalue weighted by Gasteiger charge is -2.09. The molecule has 8 heteroatoms. The van der Waals surface area contributed by atoms with Gasteiger partial charge in [0.25, 0.3) is 5.91 Å². The molecule has 0 aliphatic heterocycles. The summed E-state index contributed by atoms with van der Waals surface area (Å²) in [6, 6.07) is 12.7. The molecule has 0 radical (unpaired) electrons. The lowest BCUT2D eigenvalue weighted by atomic mass is 10.1. The molecular weight excluding hydrogens is 404 g/mol. The number of hydrogen-bond acceptors (Lipinski definition) is 7. The van der Waals surface area contributed by atoms with Crippen LogP contribution in [0, 0.1) is 0 Å². The summed E-state index contributed by atoms with van der Waals surface area (Å²) in [5.41, 5.74) is 2.30. The van der Waals surface area contributed by atoms with Crippen LogP contribution in [0.3, 0.4) is 0 Å². The number of esters is 1. The molecule has 156 valence electrons. The van der Waals surface area contributed by atoms with E-state index in [1.807, 2.05) is 31.2 Å². The molecule has 30 heavy (non-hydrogen) atoms. The van der Waals surface area contributed by atoms with Gasteiger partial charge in [-0.25, -0.2) is 9.78 Å². The van der Waals surface area contributed by atoms with Gasteiger partial charge in [0.15, 0.2) is 0 Å². The highest BCUT2D eigenvalue weighted by atomic mass is 32.1. The molecule has 3 aromatic rings. The van der Waals surface area contributed by atoms with Crippen molar-refractivity contribution in [1.82, 2.24) is 10.3 Å². The Bertz CT molecular complexity index is 1030. The quantitative estimate of drug-likeness (QED) is 0.549. The van der Waals surface area contributed by atoms with Crippen LogP contribution in [-0.2, 0) is 11.3 Å². The molecule has 0 saturated heterocycles. The van der Waals surface area contributed by atoms with Gasteiger partial charge in [-0.1, -0.05) is 6.07 Å².